The first-order chi connectivity index (χ1) is 8.63. The summed E-state index contributed by atoms with van der Waals surface area (Å²) in [5.74, 6) is -0.364. The summed E-state index contributed by atoms with van der Waals surface area (Å²) in [6.07, 6.45) is 0. The van der Waals surface area contributed by atoms with Crippen molar-refractivity contribution in [3.63, 3.8) is 0 Å². The van der Waals surface area contributed by atoms with Crippen LogP contribution in [-0.4, -0.2) is 43.0 Å². The van der Waals surface area contributed by atoms with Gasteiger partial charge in [0.05, 0.1) is 6.04 Å². The highest BCUT2D eigenvalue weighted by Gasteiger charge is 2.26. The van der Waals surface area contributed by atoms with E-state index in [2.05, 4.69) is 5.32 Å². The van der Waals surface area contributed by atoms with E-state index in [4.69, 9.17) is 5.73 Å². The van der Waals surface area contributed by atoms with E-state index in [1.54, 1.807) is 17.9 Å². The molecule has 98 valence electrons. The summed E-state index contributed by atoms with van der Waals surface area (Å²) in [5.41, 5.74) is 6.68. The van der Waals surface area contributed by atoms with Gasteiger partial charge in [0.25, 0.3) is 5.91 Å². The first kappa shape index (κ1) is 13.0. The summed E-state index contributed by atoms with van der Waals surface area (Å²) < 4.78 is 13.2. The molecule has 1 unspecified atom stereocenters. The van der Waals surface area contributed by atoms with Gasteiger partial charge in [0.2, 0.25) is 0 Å². The Kier molecular flexibility index (Phi) is 3.93. The van der Waals surface area contributed by atoms with Crippen molar-refractivity contribution in [1.82, 2.24) is 10.2 Å². The lowest BCUT2D eigenvalue weighted by molar-refractivity contribution is 0.0644. The van der Waals surface area contributed by atoms with E-state index in [9.17, 15) is 9.18 Å². The van der Waals surface area contributed by atoms with Crippen molar-refractivity contribution in [2.75, 3.05) is 26.2 Å². The maximum absolute atomic E-state index is 13.2. The van der Waals surface area contributed by atoms with Crippen LogP contribution in [0.25, 0.3) is 0 Å². The molecule has 1 aliphatic heterocycles. The highest BCUT2D eigenvalue weighted by atomic mass is 19.1. The van der Waals surface area contributed by atoms with E-state index in [0.29, 0.717) is 30.8 Å². The van der Waals surface area contributed by atoms with Crippen LogP contribution in [-0.2, 0) is 0 Å². The number of carbonyl (C=O) groups is 1. The maximum atomic E-state index is 13.2. The quantitative estimate of drug-likeness (QED) is 0.805. The van der Waals surface area contributed by atoms with Gasteiger partial charge in [-0.2, -0.15) is 0 Å². The van der Waals surface area contributed by atoms with Crippen LogP contribution in [0.4, 0.5) is 4.39 Å². The number of carbonyl (C=O) groups excluding carboxylic acids is 1. The average Bonchev–Trinajstić information content (AvgIpc) is 2.41. The molecule has 1 amide bonds. The Morgan fingerprint density at radius 2 is 2.39 bits per heavy atom. The largest absolute Gasteiger partial charge is 0.332 e. The monoisotopic (exact) mass is 251 g/mol. The second kappa shape index (κ2) is 5.46. The first-order valence-corrected chi connectivity index (χ1v) is 6.11. The highest BCUT2D eigenvalue weighted by molar-refractivity contribution is 5.94. The molecule has 18 heavy (non-hydrogen) atoms. The summed E-state index contributed by atoms with van der Waals surface area (Å²) in [6, 6.07) is 4.46. The van der Waals surface area contributed by atoms with Crippen LogP contribution in [0.15, 0.2) is 18.2 Å². The normalized spacial score (nSPS) is 19.9. The third kappa shape index (κ3) is 2.52. The van der Waals surface area contributed by atoms with Crippen molar-refractivity contribution in [1.29, 1.82) is 0 Å². The second-order valence-electron chi connectivity index (χ2n) is 4.56. The molecular weight excluding hydrogens is 233 g/mol. The fourth-order valence-corrected chi connectivity index (χ4v) is 2.18. The number of hydrogen-bond donors (Lipinski definition) is 2. The molecule has 0 aromatic heterocycles. The van der Waals surface area contributed by atoms with E-state index in [-0.39, 0.29) is 17.8 Å². The Balaban J connectivity index is 2.21. The van der Waals surface area contributed by atoms with Crippen molar-refractivity contribution >= 4 is 5.91 Å². The molecule has 1 aromatic rings. The van der Waals surface area contributed by atoms with E-state index in [0.717, 1.165) is 6.54 Å². The van der Waals surface area contributed by atoms with Gasteiger partial charge < -0.3 is 16.0 Å². The van der Waals surface area contributed by atoms with Gasteiger partial charge in [0, 0.05) is 31.7 Å². The molecular formula is C13H18FN3O. The van der Waals surface area contributed by atoms with Gasteiger partial charge >= 0.3 is 0 Å². The smallest absolute Gasteiger partial charge is 0.254 e. The Morgan fingerprint density at radius 1 is 1.61 bits per heavy atom. The van der Waals surface area contributed by atoms with Crippen molar-refractivity contribution in [3.8, 4) is 0 Å². The van der Waals surface area contributed by atoms with Gasteiger partial charge in [-0.25, -0.2) is 4.39 Å². The molecule has 1 aromatic carbocycles. The Hall–Kier alpha value is -1.46. The minimum absolute atomic E-state index is 0.0107. The zero-order valence-corrected chi connectivity index (χ0v) is 10.4. The molecule has 0 bridgehead atoms. The molecule has 0 spiro atoms. The van der Waals surface area contributed by atoms with E-state index < -0.39 is 0 Å². The highest BCUT2D eigenvalue weighted by Crippen LogP contribution is 2.14. The van der Waals surface area contributed by atoms with Crippen molar-refractivity contribution in [3.05, 3.63) is 35.1 Å². The van der Waals surface area contributed by atoms with Crippen molar-refractivity contribution in [2.24, 2.45) is 5.73 Å². The third-order valence-corrected chi connectivity index (χ3v) is 3.29. The number of halogens is 1. The van der Waals surface area contributed by atoms with Crippen LogP contribution in [0.3, 0.4) is 0 Å². The van der Waals surface area contributed by atoms with Crippen LogP contribution < -0.4 is 11.1 Å². The Bertz CT molecular complexity index is 450. The topological polar surface area (TPSA) is 58.4 Å². The third-order valence-electron chi connectivity index (χ3n) is 3.29. The maximum Gasteiger partial charge on any atom is 0.254 e. The van der Waals surface area contributed by atoms with Gasteiger partial charge in [-0.15, -0.1) is 0 Å². The number of nitrogens with one attached hydrogen (secondary N) is 1. The fraction of sp³-hybridized carbons (Fsp3) is 0.462. The average molecular weight is 251 g/mol. The van der Waals surface area contributed by atoms with Crippen LogP contribution in [0.5, 0.6) is 0 Å². The number of nitrogens with two attached hydrogens (primary N) is 1. The van der Waals surface area contributed by atoms with Crippen LogP contribution >= 0.6 is 0 Å². The number of hydrogen-bond acceptors (Lipinski definition) is 3. The summed E-state index contributed by atoms with van der Waals surface area (Å²) in [4.78, 5) is 14.1. The number of nitrogens with zero attached hydrogens (tertiary/aromatic N) is 1. The standard InChI is InChI=1S/C13H18FN3O/c1-9-6-10(2-3-12(9)14)13(18)17-5-4-16-8-11(17)7-15/h2-3,6,11,16H,4-5,7-8,15H2,1H3. The summed E-state index contributed by atoms with van der Waals surface area (Å²) in [7, 11) is 0. The minimum atomic E-state index is -0.290. The lowest BCUT2D eigenvalue weighted by Crippen LogP contribution is -2.56. The van der Waals surface area contributed by atoms with E-state index in [1.165, 1.54) is 12.1 Å². The zero-order valence-electron chi connectivity index (χ0n) is 10.4. The second-order valence-corrected chi connectivity index (χ2v) is 4.56. The summed E-state index contributed by atoms with van der Waals surface area (Å²) >= 11 is 0. The first-order valence-electron chi connectivity index (χ1n) is 6.11. The molecule has 4 nitrogen and oxygen atoms in total. The molecule has 1 heterocycles. The van der Waals surface area contributed by atoms with Gasteiger partial charge in [0.1, 0.15) is 5.82 Å². The number of benzene rings is 1. The molecule has 0 aliphatic carbocycles. The van der Waals surface area contributed by atoms with Crippen LogP contribution in [0, 0.1) is 12.7 Å². The number of piperazine rings is 1. The molecule has 1 fully saturated rings. The minimum Gasteiger partial charge on any atom is -0.332 e. The SMILES string of the molecule is Cc1cc(C(=O)N2CCNCC2CN)ccc1F. The predicted octanol–water partition coefficient (Wildman–Crippen LogP) is 0.507. The molecule has 2 rings (SSSR count). The summed E-state index contributed by atoms with van der Waals surface area (Å²) in [5, 5.41) is 3.21. The van der Waals surface area contributed by atoms with E-state index in [1.807, 2.05) is 0 Å². The van der Waals surface area contributed by atoms with E-state index >= 15 is 0 Å². The van der Waals surface area contributed by atoms with Gasteiger partial charge in [-0.3, -0.25) is 4.79 Å². The Labute approximate surface area is 106 Å². The fourth-order valence-electron chi connectivity index (χ4n) is 2.18. The molecule has 5 heteroatoms. The zero-order chi connectivity index (χ0) is 13.1. The molecule has 0 saturated carbocycles. The van der Waals surface area contributed by atoms with Crippen LogP contribution in [0.2, 0.25) is 0 Å². The van der Waals surface area contributed by atoms with Gasteiger partial charge in [0.15, 0.2) is 0 Å². The van der Waals surface area contributed by atoms with Crippen LogP contribution in [0.1, 0.15) is 15.9 Å². The number of amides is 1. The lowest BCUT2D eigenvalue weighted by Gasteiger charge is -2.35. The predicted molar refractivity (Wildman–Crippen MR) is 67.9 cm³/mol. The number of aryl methyl sites for hydroxylation is 1. The van der Waals surface area contributed by atoms with Gasteiger partial charge in [-0.05, 0) is 30.7 Å². The molecule has 1 atom stereocenters. The lowest BCUT2D eigenvalue weighted by atomic mass is 10.1. The molecule has 3 N–H and O–H groups in total. The Morgan fingerprint density at radius 3 is 3.06 bits per heavy atom. The van der Waals surface area contributed by atoms with Crippen molar-refractivity contribution < 1.29 is 9.18 Å². The molecule has 1 aliphatic rings. The van der Waals surface area contributed by atoms with Gasteiger partial charge in [-0.1, -0.05) is 0 Å². The molecule has 1 saturated heterocycles. The van der Waals surface area contributed by atoms with Crippen molar-refractivity contribution in [2.45, 2.75) is 13.0 Å². The summed E-state index contributed by atoms with van der Waals surface area (Å²) in [6.45, 7) is 4.20. The molecule has 0 radical (unpaired) electrons. The number of rotatable bonds is 2.